The van der Waals surface area contributed by atoms with Crippen LogP contribution < -0.4 is 5.32 Å². The van der Waals surface area contributed by atoms with Crippen molar-refractivity contribution in [2.75, 3.05) is 11.6 Å². The average molecular weight is 239 g/mol. The number of hydrogen-bond acceptors (Lipinski definition) is 3. The van der Waals surface area contributed by atoms with Crippen molar-refractivity contribution in [3.63, 3.8) is 0 Å². The number of thioether (sulfide) groups is 1. The lowest BCUT2D eigenvalue weighted by Gasteiger charge is -2.14. The summed E-state index contributed by atoms with van der Waals surface area (Å²) in [5, 5.41) is 12.0. The highest BCUT2D eigenvalue weighted by atomic mass is 32.2. The second-order valence-corrected chi connectivity index (χ2v) is 4.43. The summed E-state index contributed by atoms with van der Waals surface area (Å²) >= 11 is 1.67. The molecule has 1 rings (SSSR count). The molecule has 16 heavy (non-hydrogen) atoms. The van der Waals surface area contributed by atoms with Gasteiger partial charge < -0.3 is 10.4 Å². The van der Waals surface area contributed by atoms with Gasteiger partial charge in [-0.2, -0.15) is 0 Å². The molecule has 0 fully saturated rings. The van der Waals surface area contributed by atoms with Gasteiger partial charge in [0.25, 0.3) is 0 Å². The Kier molecular flexibility index (Phi) is 5.19. The molecule has 1 unspecified atom stereocenters. The Morgan fingerprint density at radius 2 is 2.06 bits per heavy atom. The molecule has 3 nitrogen and oxygen atoms in total. The molecule has 0 aromatic heterocycles. The van der Waals surface area contributed by atoms with Crippen molar-refractivity contribution in [2.24, 2.45) is 0 Å². The largest absolute Gasteiger partial charge is 0.480 e. The van der Waals surface area contributed by atoms with Gasteiger partial charge in [-0.15, -0.1) is 11.8 Å². The Bertz CT molecular complexity index is 337. The van der Waals surface area contributed by atoms with Crippen molar-refractivity contribution in [3.05, 3.63) is 24.3 Å². The lowest BCUT2D eigenvalue weighted by Crippen LogP contribution is -2.28. The van der Waals surface area contributed by atoms with E-state index in [9.17, 15) is 4.79 Å². The van der Waals surface area contributed by atoms with E-state index in [1.807, 2.05) is 37.4 Å². The third-order valence-corrected chi connectivity index (χ3v) is 3.05. The molecule has 0 amide bonds. The number of nitrogens with one attached hydrogen (secondary N) is 1. The number of anilines is 1. The minimum absolute atomic E-state index is 0.495. The predicted molar refractivity (Wildman–Crippen MR) is 68.2 cm³/mol. The van der Waals surface area contributed by atoms with E-state index in [2.05, 4.69) is 5.32 Å². The Morgan fingerprint density at radius 3 is 2.50 bits per heavy atom. The summed E-state index contributed by atoms with van der Waals surface area (Å²) in [4.78, 5) is 12.1. The Hall–Kier alpha value is -1.16. The van der Waals surface area contributed by atoms with Crippen LogP contribution in [-0.4, -0.2) is 23.4 Å². The first kappa shape index (κ1) is 12.9. The van der Waals surface area contributed by atoms with E-state index in [1.54, 1.807) is 11.8 Å². The first-order valence-corrected chi connectivity index (χ1v) is 6.53. The van der Waals surface area contributed by atoms with Crippen LogP contribution in [-0.2, 0) is 4.79 Å². The van der Waals surface area contributed by atoms with Crippen LogP contribution in [0.15, 0.2) is 29.2 Å². The lowest BCUT2D eigenvalue weighted by molar-refractivity contribution is -0.138. The molecular formula is C12H17NO2S. The average Bonchev–Trinajstić information content (AvgIpc) is 2.29. The van der Waals surface area contributed by atoms with Gasteiger partial charge in [0.15, 0.2) is 0 Å². The lowest BCUT2D eigenvalue weighted by atomic mass is 10.1. The van der Waals surface area contributed by atoms with E-state index in [4.69, 9.17) is 5.11 Å². The number of hydrogen-bond donors (Lipinski definition) is 2. The first-order valence-electron chi connectivity index (χ1n) is 5.30. The number of carboxylic acid groups (broad SMARTS) is 1. The van der Waals surface area contributed by atoms with Crippen LogP contribution in [0.25, 0.3) is 0 Å². The molecule has 1 aromatic rings. The van der Waals surface area contributed by atoms with E-state index in [-0.39, 0.29) is 0 Å². The third kappa shape index (κ3) is 3.77. The molecule has 0 saturated heterocycles. The maximum atomic E-state index is 11.0. The van der Waals surface area contributed by atoms with Crippen molar-refractivity contribution in [1.82, 2.24) is 0 Å². The van der Waals surface area contributed by atoms with Crippen molar-refractivity contribution in [3.8, 4) is 0 Å². The smallest absolute Gasteiger partial charge is 0.326 e. The fraction of sp³-hybridized carbons (Fsp3) is 0.417. The molecule has 0 spiro atoms. The molecule has 88 valence electrons. The fourth-order valence-electron chi connectivity index (χ4n) is 1.43. The summed E-state index contributed by atoms with van der Waals surface area (Å²) in [6, 6.07) is 7.30. The first-order chi connectivity index (χ1) is 7.67. The number of rotatable bonds is 6. The molecule has 0 heterocycles. The molecule has 0 aliphatic carbocycles. The minimum Gasteiger partial charge on any atom is -0.480 e. The van der Waals surface area contributed by atoms with Gasteiger partial charge in [-0.3, -0.25) is 0 Å². The van der Waals surface area contributed by atoms with Crippen LogP contribution in [0.4, 0.5) is 5.69 Å². The normalized spacial score (nSPS) is 12.1. The van der Waals surface area contributed by atoms with Gasteiger partial charge in [-0.05, 0) is 36.9 Å². The van der Waals surface area contributed by atoms with Crippen molar-refractivity contribution >= 4 is 23.4 Å². The van der Waals surface area contributed by atoms with Gasteiger partial charge in [-0.25, -0.2) is 4.79 Å². The quantitative estimate of drug-likeness (QED) is 0.749. The van der Waals surface area contributed by atoms with E-state index in [0.29, 0.717) is 6.42 Å². The summed E-state index contributed by atoms with van der Waals surface area (Å²) in [6.45, 7) is 1.98. The van der Waals surface area contributed by atoms with Crippen LogP contribution in [0, 0.1) is 0 Å². The van der Waals surface area contributed by atoms with E-state index < -0.39 is 12.0 Å². The molecule has 1 aromatic carbocycles. The van der Waals surface area contributed by atoms with Gasteiger partial charge in [0.05, 0.1) is 0 Å². The summed E-state index contributed by atoms with van der Waals surface area (Å²) in [6.07, 6.45) is 3.51. The monoisotopic (exact) mass is 239 g/mol. The van der Waals surface area contributed by atoms with E-state index in [1.165, 1.54) is 4.90 Å². The van der Waals surface area contributed by atoms with E-state index >= 15 is 0 Å². The molecule has 0 aliphatic heterocycles. The summed E-state index contributed by atoms with van der Waals surface area (Å²) in [5.41, 5.74) is 0.860. The number of carboxylic acids is 1. The van der Waals surface area contributed by atoms with Gasteiger partial charge in [0.2, 0.25) is 0 Å². The minimum atomic E-state index is -0.796. The summed E-state index contributed by atoms with van der Waals surface area (Å²) < 4.78 is 0. The molecule has 0 saturated carbocycles. The Balaban J connectivity index is 2.65. The zero-order valence-corrected chi connectivity index (χ0v) is 10.4. The Labute approximate surface area is 100 Å². The van der Waals surface area contributed by atoms with Crippen molar-refractivity contribution in [1.29, 1.82) is 0 Å². The SMILES string of the molecule is CCCC(Nc1ccc(SC)cc1)C(=O)O. The fourth-order valence-corrected chi connectivity index (χ4v) is 1.84. The second-order valence-electron chi connectivity index (χ2n) is 3.55. The number of carbonyl (C=O) groups is 1. The number of benzene rings is 1. The molecular weight excluding hydrogens is 222 g/mol. The highest BCUT2D eigenvalue weighted by Crippen LogP contribution is 2.18. The van der Waals surface area contributed by atoms with Crippen LogP contribution >= 0.6 is 11.8 Å². The molecule has 2 N–H and O–H groups in total. The van der Waals surface area contributed by atoms with Gasteiger partial charge in [-0.1, -0.05) is 13.3 Å². The molecule has 1 atom stereocenters. The van der Waals surface area contributed by atoms with Crippen LogP contribution in [0.5, 0.6) is 0 Å². The zero-order valence-electron chi connectivity index (χ0n) is 9.56. The van der Waals surface area contributed by atoms with Crippen molar-refractivity contribution < 1.29 is 9.90 Å². The third-order valence-electron chi connectivity index (χ3n) is 2.31. The molecule has 0 bridgehead atoms. The molecule has 0 aliphatic rings. The van der Waals surface area contributed by atoms with Gasteiger partial charge in [0, 0.05) is 10.6 Å². The van der Waals surface area contributed by atoms with Gasteiger partial charge in [0.1, 0.15) is 6.04 Å². The van der Waals surface area contributed by atoms with Gasteiger partial charge >= 0.3 is 5.97 Å². The summed E-state index contributed by atoms with van der Waals surface area (Å²) in [7, 11) is 0. The highest BCUT2D eigenvalue weighted by Gasteiger charge is 2.15. The van der Waals surface area contributed by atoms with Crippen LogP contribution in [0.2, 0.25) is 0 Å². The highest BCUT2D eigenvalue weighted by molar-refractivity contribution is 7.98. The second kappa shape index (κ2) is 6.43. The van der Waals surface area contributed by atoms with Crippen molar-refractivity contribution in [2.45, 2.75) is 30.7 Å². The molecule has 0 radical (unpaired) electrons. The number of aliphatic carboxylic acids is 1. The standard InChI is InChI=1S/C12H17NO2S/c1-3-4-11(12(14)15)13-9-5-7-10(16-2)8-6-9/h5-8,11,13H,3-4H2,1-2H3,(H,14,15). The topological polar surface area (TPSA) is 49.3 Å². The van der Waals surface area contributed by atoms with E-state index in [0.717, 1.165) is 12.1 Å². The summed E-state index contributed by atoms with van der Waals surface area (Å²) in [5.74, 6) is -0.796. The van der Waals surface area contributed by atoms with Crippen LogP contribution in [0.1, 0.15) is 19.8 Å². The van der Waals surface area contributed by atoms with Crippen LogP contribution in [0.3, 0.4) is 0 Å². The zero-order chi connectivity index (χ0) is 12.0. The maximum Gasteiger partial charge on any atom is 0.326 e. The Morgan fingerprint density at radius 1 is 1.44 bits per heavy atom. The maximum absolute atomic E-state index is 11.0. The predicted octanol–water partition coefficient (Wildman–Crippen LogP) is 3.07. The molecule has 4 heteroatoms.